The molecule has 2 N–H and O–H groups in total. The summed E-state index contributed by atoms with van der Waals surface area (Å²) in [5.74, 6) is -4.89. The summed E-state index contributed by atoms with van der Waals surface area (Å²) in [7, 11) is 0. The third kappa shape index (κ3) is 2.44. The first-order valence-electron chi connectivity index (χ1n) is 6.38. The molecule has 0 saturated heterocycles. The Kier molecular flexibility index (Phi) is 3.29. The monoisotopic (exact) mass is 292 g/mol. The number of hydrogen-bond donors (Lipinski definition) is 2. The average molecular weight is 292 g/mol. The molecule has 0 radical (unpaired) electrons. The minimum atomic E-state index is -1.61. The van der Waals surface area contributed by atoms with E-state index in [4.69, 9.17) is 0 Å². The first kappa shape index (κ1) is 13.5. The fraction of sp³-hybridized carbons (Fsp3) is 0.133. The third-order valence-electron chi connectivity index (χ3n) is 3.36. The van der Waals surface area contributed by atoms with Gasteiger partial charge in [-0.1, -0.05) is 0 Å². The van der Waals surface area contributed by atoms with E-state index in [2.05, 4.69) is 10.6 Å². The first-order chi connectivity index (χ1) is 10.1. The van der Waals surface area contributed by atoms with E-state index in [1.807, 2.05) is 0 Å². The summed E-state index contributed by atoms with van der Waals surface area (Å²) < 4.78 is 39.5. The van der Waals surface area contributed by atoms with Crippen LogP contribution >= 0.6 is 0 Å². The van der Waals surface area contributed by atoms with Gasteiger partial charge in [-0.15, -0.1) is 0 Å². The second-order valence-corrected chi connectivity index (χ2v) is 4.73. The summed E-state index contributed by atoms with van der Waals surface area (Å²) in [6.45, 7) is 0.804. The lowest BCUT2D eigenvalue weighted by Crippen LogP contribution is -2.14. The maximum atomic E-state index is 13.5. The zero-order valence-corrected chi connectivity index (χ0v) is 10.8. The molecule has 2 aromatic rings. The molecule has 0 bridgehead atoms. The number of rotatable bonds is 2. The van der Waals surface area contributed by atoms with Gasteiger partial charge < -0.3 is 10.6 Å². The van der Waals surface area contributed by atoms with Gasteiger partial charge in [0.1, 0.15) is 0 Å². The summed E-state index contributed by atoms with van der Waals surface area (Å²) in [4.78, 5) is 12.0. The summed E-state index contributed by atoms with van der Waals surface area (Å²) in [6, 6.07) is 6.80. The van der Waals surface area contributed by atoms with Crippen LogP contribution in [0, 0.1) is 17.5 Å². The Morgan fingerprint density at radius 3 is 2.71 bits per heavy atom. The van der Waals surface area contributed by atoms with Crippen molar-refractivity contribution in [3.05, 3.63) is 58.9 Å². The molecule has 6 heteroatoms. The predicted molar refractivity (Wildman–Crippen MR) is 72.9 cm³/mol. The first-order valence-corrected chi connectivity index (χ1v) is 6.38. The lowest BCUT2D eigenvalue weighted by Gasteiger charge is -2.08. The van der Waals surface area contributed by atoms with Crippen molar-refractivity contribution >= 4 is 17.3 Å². The van der Waals surface area contributed by atoms with E-state index < -0.39 is 29.0 Å². The van der Waals surface area contributed by atoms with Crippen LogP contribution in [0.25, 0.3) is 0 Å². The largest absolute Gasteiger partial charge is 0.384 e. The SMILES string of the molecule is O=C(Nc1ccc(F)c(F)c1F)c1ccc2c(c1)CCN2. The van der Waals surface area contributed by atoms with Gasteiger partial charge in [-0.2, -0.15) is 0 Å². The Hall–Kier alpha value is -2.50. The Balaban J connectivity index is 1.85. The van der Waals surface area contributed by atoms with E-state index in [0.717, 1.165) is 36.3 Å². The average Bonchev–Trinajstić information content (AvgIpc) is 2.95. The van der Waals surface area contributed by atoms with Crippen LogP contribution in [-0.2, 0) is 6.42 Å². The van der Waals surface area contributed by atoms with Crippen LogP contribution in [0.4, 0.5) is 24.5 Å². The van der Waals surface area contributed by atoms with Gasteiger partial charge in [0.2, 0.25) is 0 Å². The molecule has 21 heavy (non-hydrogen) atoms. The molecule has 0 spiro atoms. The molecule has 0 unspecified atom stereocenters. The van der Waals surface area contributed by atoms with Crippen LogP contribution < -0.4 is 10.6 Å². The minimum Gasteiger partial charge on any atom is -0.384 e. The quantitative estimate of drug-likeness (QED) is 0.834. The number of hydrogen-bond acceptors (Lipinski definition) is 2. The lowest BCUT2D eigenvalue weighted by atomic mass is 10.1. The topological polar surface area (TPSA) is 41.1 Å². The molecule has 0 fully saturated rings. The molecule has 1 aliphatic rings. The summed E-state index contributed by atoms with van der Waals surface area (Å²) in [6.07, 6.45) is 0.802. The number of fused-ring (bicyclic) bond motifs is 1. The third-order valence-corrected chi connectivity index (χ3v) is 3.36. The molecule has 3 nitrogen and oxygen atoms in total. The van der Waals surface area contributed by atoms with Gasteiger partial charge in [0.25, 0.3) is 5.91 Å². The van der Waals surface area contributed by atoms with E-state index in [0.29, 0.717) is 5.56 Å². The standard InChI is InChI=1S/C15H11F3N2O/c16-10-2-4-12(14(18)13(10)17)20-15(21)9-1-3-11-8(7-9)5-6-19-11/h1-4,7,19H,5-6H2,(H,20,21). The van der Waals surface area contributed by atoms with Crippen molar-refractivity contribution in [2.45, 2.75) is 6.42 Å². The van der Waals surface area contributed by atoms with Gasteiger partial charge in [-0.3, -0.25) is 4.79 Å². The summed E-state index contributed by atoms with van der Waals surface area (Å²) in [5, 5.41) is 5.40. The number of benzene rings is 2. The van der Waals surface area contributed by atoms with Crippen molar-refractivity contribution in [2.24, 2.45) is 0 Å². The molecular formula is C15H11F3N2O. The fourth-order valence-corrected chi connectivity index (χ4v) is 2.26. The van der Waals surface area contributed by atoms with Crippen LogP contribution in [-0.4, -0.2) is 12.5 Å². The highest BCUT2D eigenvalue weighted by molar-refractivity contribution is 6.04. The molecule has 0 aromatic heterocycles. The Morgan fingerprint density at radius 1 is 1.10 bits per heavy atom. The Labute approximate surface area is 118 Å². The van der Waals surface area contributed by atoms with Crippen LogP contribution in [0.3, 0.4) is 0 Å². The van der Waals surface area contributed by atoms with Crippen molar-refractivity contribution in [2.75, 3.05) is 17.2 Å². The van der Waals surface area contributed by atoms with Crippen molar-refractivity contribution in [3.63, 3.8) is 0 Å². The molecule has 0 saturated carbocycles. The number of carbonyl (C=O) groups excluding carboxylic acids is 1. The highest BCUT2D eigenvalue weighted by Crippen LogP contribution is 2.24. The predicted octanol–water partition coefficient (Wildman–Crippen LogP) is 3.32. The van der Waals surface area contributed by atoms with Crippen LogP contribution in [0.15, 0.2) is 30.3 Å². The number of anilines is 2. The molecule has 0 aliphatic carbocycles. The van der Waals surface area contributed by atoms with Gasteiger partial charge in [-0.05, 0) is 42.3 Å². The Bertz CT molecular complexity index is 731. The Morgan fingerprint density at radius 2 is 1.90 bits per heavy atom. The van der Waals surface area contributed by atoms with Crippen LogP contribution in [0.5, 0.6) is 0 Å². The van der Waals surface area contributed by atoms with E-state index in [1.165, 1.54) is 0 Å². The van der Waals surface area contributed by atoms with Crippen molar-refractivity contribution in [1.29, 1.82) is 0 Å². The van der Waals surface area contributed by atoms with Gasteiger partial charge in [0.05, 0.1) is 5.69 Å². The van der Waals surface area contributed by atoms with Crippen molar-refractivity contribution in [1.82, 2.24) is 0 Å². The van der Waals surface area contributed by atoms with Crippen LogP contribution in [0.2, 0.25) is 0 Å². The van der Waals surface area contributed by atoms with E-state index in [-0.39, 0.29) is 0 Å². The van der Waals surface area contributed by atoms with Crippen LogP contribution in [0.1, 0.15) is 15.9 Å². The lowest BCUT2D eigenvalue weighted by molar-refractivity contribution is 0.102. The second-order valence-electron chi connectivity index (χ2n) is 4.73. The van der Waals surface area contributed by atoms with Gasteiger partial charge >= 0.3 is 0 Å². The van der Waals surface area contributed by atoms with Gasteiger partial charge in [-0.25, -0.2) is 13.2 Å². The highest BCUT2D eigenvalue weighted by Gasteiger charge is 2.17. The molecule has 3 rings (SSSR count). The normalized spacial score (nSPS) is 12.7. The number of carbonyl (C=O) groups is 1. The molecule has 2 aromatic carbocycles. The van der Waals surface area contributed by atoms with Gasteiger partial charge in [0, 0.05) is 17.8 Å². The van der Waals surface area contributed by atoms with E-state index >= 15 is 0 Å². The van der Waals surface area contributed by atoms with Gasteiger partial charge in [0.15, 0.2) is 17.5 Å². The van der Waals surface area contributed by atoms with E-state index in [1.54, 1.807) is 18.2 Å². The fourth-order valence-electron chi connectivity index (χ4n) is 2.26. The maximum absolute atomic E-state index is 13.5. The number of halogens is 3. The molecule has 1 amide bonds. The smallest absolute Gasteiger partial charge is 0.255 e. The number of nitrogens with one attached hydrogen (secondary N) is 2. The highest BCUT2D eigenvalue weighted by atomic mass is 19.2. The summed E-state index contributed by atoms with van der Waals surface area (Å²) in [5.41, 5.74) is 1.90. The zero-order valence-electron chi connectivity index (χ0n) is 10.8. The molecular weight excluding hydrogens is 281 g/mol. The molecule has 108 valence electrons. The van der Waals surface area contributed by atoms with Crippen molar-refractivity contribution < 1.29 is 18.0 Å². The van der Waals surface area contributed by atoms with E-state index in [9.17, 15) is 18.0 Å². The van der Waals surface area contributed by atoms with Crippen molar-refractivity contribution in [3.8, 4) is 0 Å². The molecule has 0 atom stereocenters. The second kappa shape index (κ2) is 5.12. The molecule has 1 heterocycles. The molecule has 1 aliphatic heterocycles. The maximum Gasteiger partial charge on any atom is 0.255 e. The number of amides is 1. The summed E-state index contributed by atoms with van der Waals surface area (Å²) >= 11 is 0. The minimum absolute atomic E-state index is 0.335. The zero-order chi connectivity index (χ0) is 15.0.